The molecule has 0 unspecified atom stereocenters. The molecule has 2 atom stereocenters. The lowest BCUT2D eigenvalue weighted by atomic mass is 9.80. The van der Waals surface area contributed by atoms with Gasteiger partial charge in [-0.1, -0.05) is 6.07 Å². The van der Waals surface area contributed by atoms with E-state index in [0.717, 1.165) is 64.7 Å². The van der Waals surface area contributed by atoms with E-state index in [1.807, 2.05) is 24.0 Å². The number of aryl methyl sites for hydroxylation is 1. The number of carbonyl (C=O) groups excluding carboxylic acids is 1. The highest BCUT2D eigenvalue weighted by molar-refractivity contribution is 5.92. The molecule has 4 rings (SSSR count). The number of pyridine rings is 1. The molecule has 3 aliphatic rings. The molecule has 0 aromatic carbocycles. The Bertz CT molecular complexity index is 600. The van der Waals surface area contributed by atoms with E-state index in [1.165, 1.54) is 0 Å². The van der Waals surface area contributed by atoms with Gasteiger partial charge in [0.1, 0.15) is 5.69 Å². The average molecular weight is 331 g/mol. The van der Waals surface area contributed by atoms with E-state index in [9.17, 15) is 4.79 Å². The third kappa shape index (κ3) is 2.94. The number of fused-ring (bicyclic) bond motifs is 1. The first-order valence-electron chi connectivity index (χ1n) is 8.76. The van der Waals surface area contributed by atoms with E-state index < -0.39 is 0 Å². The van der Waals surface area contributed by atoms with Gasteiger partial charge in [-0.15, -0.1) is 0 Å². The molecular weight excluding hydrogens is 306 g/mol. The maximum Gasteiger partial charge on any atom is 0.272 e. The van der Waals surface area contributed by atoms with Crippen LogP contribution in [0.4, 0.5) is 0 Å². The molecule has 1 aromatic heterocycles. The largest absolute Gasteiger partial charge is 0.380 e. The second-order valence-electron chi connectivity index (χ2n) is 7.37. The molecule has 6 heteroatoms. The standard InChI is InChI=1S/C18H25N3O3/c1-14-2-3-16(19-8-14)17(22)21-9-15-10-24-13-18(15,12-21)11-20-4-6-23-7-5-20/h2-3,8,15H,4-7,9-13H2,1H3/t15-,18+/m0/s1. The molecular formula is C18H25N3O3. The summed E-state index contributed by atoms with van der Waals surface area (Å²) in [6.07, 6.45) is 1.76. The summed E-state index contributed by atoms with van der Waals surface area (Å²) in [5.41, 5.74) is 1.68. The van der Waals surface area contributed by atoms with Crippen molar-refractivity contribution in [1.29, 1.82) is 0 Å². The Morgan fingerprint density at radius 1 is 1.33 bits per heavy atom. The lowest BCUT2D eigenvalue weighted by Crippen LogP contribution is -2.47. The maximum absolute atomic E-state index is 12.8. The number of nitrogens with zero attached hydrogens (tertiary/aromatic N) is 3. The number of ether oxygens (including phenoxy) is 2. The molecule has 4 heterocycles. The highest BCUT2D eigenvalue weighted by atomic mass is 16.5. The summed E-state index contributed by atoms with van der Waals surface area (Å²) in [4.78, 5) is 21.6. The molecule has 3 aliphatic heterocycles. The molecule has 3 saturated heterocycles. The second kappa shape index (κ2) is 6.43. The van der Waals surface area contributed by atoms with Gasteiger partial charge in [-0.2, -0.15) is 0 Å². The Labute approximate surface area is 142 Å². The minimum atomic E-state index is 0.0470. The number of hydrogen-bond acceptors (Lipinski definition) is 5. The normalized spacial score (nSPS) is 30.5. The first-order chi connectivity index (χ1) is 11.7. The molecule has 0 radical (unpaired) electrons. The summed E-state index contributed by atoms with van der Waals surface area (Å²) in [5, 5.41) is 0. The molecule has 0 saturated carbocycles. The van der Waals surface area contributed by atoms with Crippen molar-refractivity contribution in [2.75, 3.05) is 59.2 Å². The van der Waals surface area contributed by atoms with Gasteiger partial charge in [-0.3, -0.25) is 14.7 Å². The van der Waals surface area contributed by atoms with Crippen molar-refractivity contribution in [2.24, 2.45) is 11.3 Å². The summed E-state index contributed by atoms with van der Waals surface area (Å²) in [6, 6.07) is 3.78. The van der Waals surface area contributed by atoms with Crippen molar-refractivity contribution in [2.45, 2.75) is 6.92 Å². The van der Waals surface area contributed by atoms with Crippen LogP contribution in [0, 0.1) is 18.3 Å². The Morgan fingerprint density at radius 3 is 2.92 bits per heavy atom. The van der Waals surface area contributed by atoms with Gasteiger partial charge in [-0.25, -0.2) is 0 Å². The van der Waals surface area contributed by atoms with E-state index in [-0.39, 0.29) is 11.3 Å². The Kier molecular flexibility index (Phi) is 4.28. The molecule has 130 valence electrons. The number of morpholine rings is 1. The zero-order valence-electron chi connectivity index (χ0n) is 14.2. The van der Waals surface area contributed by atoms with E-state index in [4.69, 9.17) is 9.47 Å². The second-order valence-corrected chi connectivity index (χ2v) is 7.37. The average Bonchev–Trinajstić information content (AvgIpc) is 3.12. The minimum Gasteiger partial charge on any atom is -0.380 e. The summed E-state index contributed by atoms with van der Waals surface area (Å²) in [7, 11) is 0. The van der Waals surface area contributed by atoms with Gasteiger partial charge in [-0.05, 0) is 18.6 Å². The molecule has 0 bridgehead atoms. The maximum atomic E-state index is 12.8. The molecule has 6 nitrogen and oxygen atoms in total. The molecule has 24 heavy (non-hydrogen) atoms. The number of amides is 1. The van der Waals surface area contributed by atoms with Crippen LogP contribution in [-0.4, -0.2) is 79.8 Å². The smallest absolute Gasteiger partial charge is 0.272 e. The number of likely N-dealkylation sites (tertiary alicyclic amines) is 1. The minimum absolute atomic E-state index is 0.0470. The van der Waals surface area contributed by atoms with Crippen LogP contribution in [0.5, 0.6) is 0 Å². The van der Waals surface area contributed by atoms with Gasteiger partial charge in [0.25, 0.3) is 5.91 Å². The van der Waals surface area contributed by atoms with Gasteiger partial charge in [0.15, 0.2) is 0 Å². The van der Waals surface area contributed by atoms with Crippen LogP contribution in [0.3, 0.4) is 0 Å². The van der Waals surface area contributed by atoms with Crippen LogP contribution in [0.25, 0.3) is 0 Å². The van der Waals surface area contributed by atoms with Crippen molar-refractivity contribution in [3.05, 3.63) is 29.6 Å². The molecule has 0 aliphatic carbocycles. The van der Waals surface area contributed by atoms with E-state index in [2.05, 4.69) is 9.88 Å². The molecule has 0 N–H and O–H groups in total. The van der Waals surface area contributed by atoms with Crippen LogP contribution in [0.2, 0.25) is 0 Å². The quantitative estimate of drug-likeness (QED) is 0.820. The van der Waals surface area contributed by atoms with Gasteiger partial charge in [0, 0.05) is 50.3 Å². The third-order valence-electron chi connectivity index (χ3n) is 5.58. The summed E-state index contributed by atoms with van der Waals surface area (Å²) >= 11 is 0. The zero-order valence-corrected chi connectivity index (χ0v) is 14.2. The van der Waals surface area contributed by atoms with Crippen LogP contribution >= 0.6 is 0 Å². The molecule has 0 spiro atoms. The number of carbonyl (C=O) groups is 1. The molecule has 1 aromatic rings. The van der Waals surface area contributed by atoms with Gasteiger partial charge in [0.05, 0.1) is 26.4 Å². The van der Waals surface area contributed by atoms with Crippen molar-refractivity contribution in [3.63, 3.8) is 0 Å². The Morgan fingerprint density at radius 2 is 2.17 bits per heavy atom. The lowest BCUT2D eigenvalue weighted by Gasteiger charge is -2.36. The Hall–Kier alpha value is -1.50. The van der Waals surface area contributed by atoms with Crippen molar-refractivity contribution >= 4 is 5.91 Å². The van der Waals surface area contributed by atoms with Crippen LogP contribution in [0.15, 0.2) is 18.3 Å². The highest BCUT2D eigenvalue weighted by Crippen LogP contribution is 2.42. The monoisotopic (exact) mass is 331 g/mol. The summed E-state index contributed by atoms with van der Waals surface area (Å²) < 4.78 is 11.2. The number of rotatable bonds is 3. The van der Waals surface area contributed by atoms with Crippen molar-refractivity contribution in [1.82, 2.24) is 14.8 Å². The number of aromatic nitrogens is 1. The van der Waals surface area contributed by atoms with Crippen LogP contribution < -0.4 is 0 Å². The fourth-order valence-corrected chi connectivity index (χ4v) is 4.17. The first-order valence-corrected chi connectivity index (χ1v) is 8.76. The van der Waals surface area contributed by atoms with Gasteiger partial charge >= 0.3 is 0 Å². The third-order valence-corrected chi connectivity index (χ3v) is 5.58. The van der Waals surface area contributed by atoms with Crippen LogP contribution in [0.1, 0.15) is 16.1 Å². The summed E-state index contributed by atoms with van der Waals surface area (Å²) in [5.74, 6) is 0.473. The summed E-state index contributed by atoms with van der Waals surface area (Å²) in [6.45, 7) is 9.58. The fourth-order valence-electron chi connectivity index (χ4n) is 4.17. The van der Waals surface area contributed by atoms with Crippen molar-refractivity contribution in [3.8, 4) is 0 Å². The van der Waals surface area contributed by atoms with E-state index in [1.54, 1.807) is 6.20 Å². The first kappa shape index (κ1) is 16.0. The van der Waals surface area contributed by atoms with Gasteiger partial charge in [0.2, 0.25) is 0 Å². The predicted molar refractivity (Wildman–Crippen MR) is 88.9 cm³/mol. The van der Waals surface area contributed by atoms with E-state index in [0.29, 0.717) is 11.6 Å². The molecule has 1 amide bonds. The van der Waals surface area contributed by atoms with Gasteiger partial charge < -0.3 is 14.4 Å². The zero-order chi connectivity index (χ0) is 16.6. The fraction of sp³-hybridized carbons (Fsp3) is 0.667. The van der Waals surface area contributed by atoms with E-state index >= 15 is 0 Å². The lowest BCUT2D eigenvalue weighted by molar-refractivity contribution is 0.0104. The SMILES string of the molecule is Cc1ccc(C(=O)N2C[C@H]3COC[C@@]3(CN3CCOCC3)C2)nc1. The molecule has 3 fully saturated rings. The predicted octanol–water partition coefficient (Wildman–Crippen LogP) is 0.811. The topological polar surface area (TPSA) is 54.9 Å². The van der Waals surface area contributed by atoms with Crippen LogP contribution in [-0.2, 0) is 9.47 Å². The highest BCUT2D eigenvalue weighted by Gasteiger charge is 2.52. The van der Waals surface area contributed by atoms with Crippen molar-refractivity contribution < 1.29 is 14.3 Å². The number of hydrogen-bond donors (Lipinski definition) is 0. The Balaban J connectivity index is 1.48.